The van der Waals surface area contributed by atoms with Crippen LogP contribution in [0.1, 0.15) is 0 Å². The van der Waals surface area contributed by atoms with E-state index >= 15 is 0 Å². The summed E-state index contributed by atoms with van der Waals surface area (Å²) >= 11 is 1.88. The van der Waals surface area contributed by atoms with Gasteiger partial charge in [0.1, 0.15) is 0 Å². The number of aromatic nitrogens is 2. The molecule has 0 atom stereocenters. The van der Waals surface area contributed by atoms with Gasteiger partial charge in [0, 0.05) is 63.7 Å². The molecular weight excluding hydrogens is 589 g/mol. The second-order valence-electron chi connectivity index (χ2n) is 12.6. The van der Waals surface area contributed by atoms with Gasteiger partial charge in [0.2, 0.25) is 0 Å². The van der Waals surface area contributed by atoms with E-state index in [1.165, 1.54) is 96.6 Å². The number of hydrogen-bond acceptors (Lipinski definition) is 1. The summed E-state index contributed by atoms with van der Waals surface area (Å²) in [6.07, 6.45) is 0. The molecule has 218 valence electrons. The van der Waals surface area contributed by atoms with Crippen molar-refractivity contribution in [2.45, 2.75) is 0 Å². The highest BCUT2D eigenvalue weighted by Gasteiger charge is 2.19. The average Bonchev–Trinajstić information content (AvgIpc) is 3.81. The number of nitrogens with one attached hydrogen (secondary N) is 1. The van der Waals surface area contributed by atoms with Crippen LogP contribution in [0.3, 0.4) is 0 Å². The van der Waals surface area contributed by atoms with Crippen molar-refractivity contribution in [3.8, 4) is 16.8 Å². The molecule has 11 rings (SSSR count). The van der Waals surface area contributed by atoms with Gasteiger partial charge in [-0.15, -0.1) is 11.3 Å². The molecular formula is C44H26N2S. The molecule has 1 N–H and O–H groups in total. The number of hydrogen-bond donors (Lipinski definition) is 1. The summed E-state index contributed by atoms with van der Waals surface area (Å²) in [7, 11) is 0. The summed E-state index contributed by atoms with van der Waals surface area (Å²) in [6, 6.07) is 55.7. The number of nitrogens with zero attached hydrogens (tertiary/aromatic N) is 1. The van der Waals surface area contributed by atoms with Crippen molar-refractivity contribution in [1.82, 2.24) is 9.55 Å². The van der Waals surface area contributed by atoms with Crippen LogP contribution in [-0.4, -0.2) is 9.55 Å². The maximum atomic E-state index is 3.92. The van der Waals surface area contributed by atoms with Crippen LogP contribution in [0.4, 0.5) is 0 Å². The highest BCUT2D eigenvalue weighted by Crippen LogP contribution is 2.46. The van der Waals surface area contributed by atoms with E-state index in [1.807, 2.05) is 11.3 Å². The lowest BCUT2D eigenvalue weighted by molar-refractivity contribution is 1.18. The molecule has 8 aromatic carbocycles. The van der Waals surface area contributed by atoms with Gasteiger partial charge in [-0.2, -0.15) is 0 Å². The molecule has 3 heterocycles. The summed E-state index contributed by atoms with van der Waals surface area (Å²) in [5.41, 5.74) is 8.40. The van der Waals surface area contributed by atoms with Gasteiger partial charge in [-0.3, -0.25) is 0 Å². The Balaban J connectivity index is 1.19. The average molecular weight is 615 g/mol. The molecule has 0 aliphatic carbocycles. The second-order valence-corrected chi connectivity index (χ2v) is 13.6. The van der Waals surface area contributed by atoms with Crippen molar-refractivity contribution in [2.75, 3.05) is 0 Å². The molecule has 0 aliphatic heterocycles. The zero-order valence-corrected chi connectivity index (χ0v) is 26.1. The Morgan fingerprint density at radius 1 is 0.404 bits per heavy atom. The molecule has 3 heteroatoms. The first kappa shape index (κ1) is 25.3. The Hall–Kier alpha value is -5.90. The smallest absolute Gasteiger partial charge is 0.0551 e. The first-order valence-corrected chi connectivity index (χ1v) is 16.9. The lowest BCUT2D eigenvalue weighted by Crippen LogP contribution is -1.93. The van der Waals surface area contributed by atoms with Gasteiger partial charge >= 0.3 is 0 Å². The van der Waals surface area contributed by atoms with E-state index in [4.69, 9.17) is 0 Å². The van der Waals surface area contributed by atoms with Crippen molar-refractivity contribution in [1.29, 1.82) is 0 Å². The summed E-state index contributed by atoms with van der Waals surface area (Å²) in [5, 5.41) is 13.0. The topological polar surface area (TPSA) is 20.7 Å². The number of thiophene rings is 1. The van der Waals surface area contributed by atoms with Gasteiger partial charge in [-0.1, -0.05) is 109 Å². The largest absolute Gasteiger partial charge is 0.354 e. The molecule has 0 saturated carbocycles. The fourth-order valence-electron chi connectivity index (χ4n) is 8.09. The lowest BCUT2D eigenvalue weighted by atomic mass is 9.93. The minimum atomic E-state index is 1.16. The molecule has 0 bridgehead atoms. The van der Waals surface area contributed by atoms with E-state index in [1.54, 1.807) is 0 Å². The van der Waals surface area contributed by atoms with Crippen molar-refractivity contribution in [3.63, 3.8) is 0 Å². The van der Waals surface area contributed by atoms with Crippen LogP contribution in [0.2, 0.25) is 0 Å². The predicted octanol–water partition coefficient (Wildman–Crippen LogP) is 12.8. The van der Waals surface area contributed by atoms with Crippen LogP contribution in [0.25, 0.3) is 102 Å². The van der Waals surface area contributed by atoms with E-state index in [2.05, 4.69) is 161 Å². The summed E-state index contributed by atoms with van der Waals surface area (Å²) < 4.78 is 5.07. The van der Waals surface area contributed by atoms with Crippen molar-refractivity contribution in [2.24, 2.45) is 0 Å². The fourth-order valence-corrected chi connectivity index (χ4v) is 9.20. The standard InChI is InChI=1S/C44H26N2S/c1-2-10-28(11-3-1)46-37-16-8-6-12-29(37)30-20-18-27(25-38(30)46)26-19-21-33-36(24-26)45-44-35-22-23-40-43(34-15-7-9-17-39(34)47-40)41(35)31-13-4-5-14-32(31)42(33)44/h1-25,45H. The number of para-hydroxylation sites is 2. The molecule has 2 nitrogen and oxygen atoms in total. The van der Waals surface area contributed by atoms with E-state index in [0.717, 1.165) is 5.52 Å². The van der Waals surface area contributed by atoms with Gasteiger partial charge in [0.05, 0.1) is 16.6 Å². The number of aromatic amines is 1. The molecule has 0 spiro atoms. The lowest BCUT2D eigenvalue weighted by Gasteiger charge is -2.09. The Morgan fingerprint density at radius 3 is 1.89 bits per heavy atom. The highest BCUT2D eigenvalue weighted by atomic mass is 32.1. The van der Waals surface area contributed by atoms with Crippen LogP contribution in [-0.2, 0) is 0 Å². The maximum absolute atomic E-state index is 3.92. The Kier molecular flexibility index (Phi) is 5.02. The molecule has 47 heavy (non-hydrogen) atoms. The van der Waals surface area contributed by atoms with Crippen LogP contribution >= 0.6 is 11.3 Å². The molecule has 3 aromatic heterocycles. The maximum Gasteiger partial charge on any atom is 0.0551 e. The van der Waals surface area contributed by atoms with Crippen LogP contribution in [0.15, 0.2) is 152 Å². The number of H-pyrrole nitrogens is 1. The second kappa shape index (κ2) is 9.32. The van der Waals surface area contributed by atoms with Crippen LogP contribution < -0.4 is 0 Å². The molecule has 0 amide bonds. The number of benzene rings is 8. The normalized spacial score (nSPS) is 12.3. The quantitative estimate of drug-likeness (QED) is 0.187. The van der Waals surface area contributed by atoms with Crippen molar-refractivity contribution >= 4 is 96.7 Å². The van der Waals surface area contributed by atoms with E-state index in [-0.39, 0.29) is 0 Å². The van der Waals surface area contributed by atoms with Gasteiger partial charge in [0.15, 0.2) is 0 Å². The molecule has 0 unspecified atom stereocenters. The molecule has 0 aliphatic rings. The van der Waals surface area contributed by atoms with Gasteiger partial charge in [-0.25, -0.2) is 0 Å². The first-order chi connectivity index (χ1) is 23.3. The minimum absolute atomic E-state index is 1.16. The Labute approximate surface area is 273 Å². The summed E-state index contributed by atoms with van der Waals surface area (Å²) in [4.78, 5) is 3.92. The van der Waals surface area contributed by atoms with Gasteiger partial charge < -0.3 is 9.55 Å². The SMILES string of the molecule is c1ccc(-n2c3ccccc3c3ccc(-c4ccc5c(c4)[nH]c4c6ccc7sc8ccccc8c7c6c6ccccc6c54)cc32)cc1. The monoisotopic (exact) mass is 614 g/mol. The third kappa shape index (κ3) is 3.44. The minimum Gasteiger partial charge on any atom is -0.354 e. The summed E-state index contributed by atoms with van der Waals surface area (Å²) in [5.74, 6) is 0. The molecule has 0 fully saturated rings. The fraction of sp³-hybridized carbons (Fsp3) is 0. The Bertz CT molecular complexity index is 3070. The zero-order chi connectivity index (χ0) is 30.6. The van der Waals surface area contributed by atoms with Crippen LogP contribution in [0, 0.1) is 0 Å². The third-order valence-electron chi connectivity index (χ3n) is 10.1. The van der Waals surface area contributed by atoms with Gasteiger partial charge in [-0.05, 0) is 64.4 Å². The molecule has 0 radical (unpaired) electrons. The van der Waals surface area contributed by atoms with E-state index < -0.39 is 0 Å². The number of rotatable bonds is 2. The molecule has 11 aromatic rings. The van der Waals surface area contributed by atoms with E-state index in [9.17, 15) is 0 Å². The zero-order valence-electron chi connectivity index (χ0n) is 25.3. The van der Waals surface area contributed by atoms with E-state index in [0.29, 0.717) is 0 Å². The van der Waals surface area contributed by atoms with Gasteiger partial charge in [0.25, 0.3) is 0 Å². The number of fused-ring (bicyclic) bond motifs is 15. The molecule has 0 saturated heterocycles. The summed E-state index contributed by atoms with van der Waals surface area (Å²) in [6.45, 7) is 0. The first-order valence-electron chi connectivity index (χ1n) is 16.1. The van der Waals surface area contributed by atoms with Crippen molar-refractivity contribution < 1.29 is 0 Å². The third-order valence-corrected chi connectivity index (χ3v) is 11.2. The van der Waals surface area contributed by atoms with Crippen molar-refractivity contribution in [3.05, 3.63) is 152 Å². The Morgan fingerprint density at radius 2 is 1.04 bits per heavy atom. The van der Waals surface area contributed by atoms with Crippen LogP contribution in [0.5, 0.6) is 0 Å². The predicted molar refractivity (Wildman–Crippen MR) is 203 cm³/mol. The highest BCUT2D eigenvalue weighted by molar-refractivity contribution is 7.26.